The van der Waals surface area contributed by atoms with E-state index in [4.69, 9.17) is 0 Å². The molecule has 0 bridgehead atoms. The van der Waals surface area contributed by atoms with Crippen molar-refractivity contribution in [1.82, 2.24) is 0 Å². The Morgan fingerprint density at radius 1 is 0.850 bits per heavy atom. The first kappa shape index (κ1) is 13.1. The maximum absolute atomic E-state index is 3.81. The zero-order chi connectivity index (χ0) is 13.4. The van der Waals surface area contributed by atoms with E-state index < -0.39 is 0 Å². The fourth-order valence-electron chi connectivity index (χ4n) is 3.55. The van der Waals surface area contributed by atoms with Gasteiger partial charge >= 0.3 is 0 Å². The van der Waals surface area contributed by atoms with Gasteiger partial charge < -0.3 is 5.32 Å². The minimum Gasteiger partial charge on any atom is -0.382 e. The van der Waals surface area contributed by atoms with Gasteiger partial charge in [-0.15, -0.1) is 11.8 Å². The van der Waals surface area contributed by atoms with Crippen molar-refractivity contribution in [2.24, 2.45) is 11.8 Å². The van der Waals surface area contributed by atoms with Crippen LogP contribution in [0.3, 0.4) is 0 Å². The van der Waals surface area contributed by atoms with Crippen molar-refractivity contribution >= 4 is 17.4 Å². The second-order valence-corrected chi connectivity index (χ2v) is 8.27. The van der Waals surface area contributed by atoms with E-state index in [1.165, 1.54) is 61.9 Å². The maximum Gasteiger partial charge on any atom is 0.0343 e. The number of anilines is 1. The van der Waals surface area contributed by atoms with Crippen molar-refractivity contribution in [3.05, 3.63) is 24.3 Å². The van der Waals surface area contributed by atoms with Crippen LogP contribution in [0.2, 0.25) is 0 Å². The van der Waals surface area contributed by atoms with Crippen molar-refractivity contribution < 1.29 is 0 Å². The Labute approximate surface area is 126 Å². The molecule has 1 nitrogen and oxygen atoms in total. The lowest BCUT2D eigenvalue weighted by Gasteiger charge is -2.19. The predicted octanol–water partition coefficient (Wildman–Crippen LogP) is 5.32. The lowest BCUT2D eigenvalue weighted by atomic mass is 10.1. The molecule has 20 heavy (non-hydrogen) atoms. The first-order chi connectivity index (χ1) is 9.88. The summed E-state index contributed by atoms with van der Waals surface area (Å²) < 4.78 is 0. The van der Waals surface area contributed by atoms with Crippen molar-refractivity contribution in [2.45, 2.75) is 67.6 Å². The highest BCUT2D eigenvalue weighted by Crippen LogP contribution is 2.46. The van der Waals surface area contributed by atoms with Gasteiger partial charge in [-0.25, -0.2) is 0 Å². The first-order valence-electron chi connectivity index (χ1n) is 8.42. The van der Waals surface area contributed by atoms with Gasteiger partial charge in [0.2, 0.25) is 0 Å². The van der Waals surface area contributed by atoms with Gasteiger partial charge in [-0.05, 0) is 74.6 Å². The first-order valence-corrected chi connectivity index (χ1v) is 9.30. The summed E-state index contributed by atoms with van der Waals surface area (Å²) in [6.07, 6.45) is 11.5. The van der Waals surface area contributed by atoms with Gasteiger partial charge in [0.05, 0.1) is 0 Å². The Bertz CT molecular complexity index is 429. The monoisotopic (exact) mass is 287 g/mol. The van der Waals surface area contributed by atoms with Gasteiger partial charge in [-0.3, -0.25) is 0 Å². The minimum absolute atomic E-state index is 0.767. The van der Waals surface area contributed by atoms with Gasteiger partial charge in [0, 0.05) is 21.9 Å². The third-order valence-corrected chi connectivity index (χ3v) is 6.40. The Balaban J connectivity index is 1.36. The van der Waals surface area contributed by atoms with Crippen LogP contribution < -0.4 is 5.32 Å². The van der Waals surface area contributed by atoms with Gasteiger partial charge in [-0.1, -0.05) is 12.8 Å². The number of hydrogen-bond acceptors (Lipinski definition) is 2. The molecule has 0 aromatic heterocycles. The largest absolute Gasteiger partial charge is 0.382 e. The lowest BCUT2D eigenvalue weighted by Crippen LogP contribution is -2.24. The van der Waals surface area contributed by atoms with Crippen molar-refractivity contribution in [3.63, 3.8) is 0 Å². The Morgan fingerprint density at radius 3 is 2.00 bits per heavy atom. The van der Waals surface area contributed by atoms with Crippen molar-refractivity contribution in [3.8, 4) is 0 Å². The summed E-state index contributed by atoms with van der Waals surface area (Å²) in [5, 5.41) is 4.69. The number of nitrogens with one attached hydrogen (secondary N) is 1. The van der Waals surface area contributed by atoms with Crippen LogP contribution in [0.4, 0.5) is 5.69 Å². The van der Waals surface area contributed by atoms with E-state index in [1.54, 1.807) is 0 Å². The molecule has 0 amide bonds. The summed E-state index contributed by atoms with van der Waals surface area (Å²) in [5.74, 6) is 1.94. The SMILES string of the molecule is c1cc(SC2CCCC2)ccc1NC(C1CC1)C1CC1. The summed E-state index contributed by atoms with van der Waals surface area (Å²) in [7, 11) is 0. The fraction of sp³-hybridized carbons (Fsp3) is 0.667. The smallest absolute Gasteiger partial charge is 0.0343 e. The summed E-state index contributed by atoms with van der Waals surface area (Å²) >= 11 is 2.09. The van der Waals surface area contributed by atoms with Gasteiger partial charge in [0.1, 0.15) is 0 Å². The molecular formula is C18H25NS. The van der Waals surface area contributed by atoms with Crippen LogP contribution in [-0.2, 0) is 0 Å². The number of thioether (sulfide) groups is 1. The Kier molecular flexibility index (Phi) is 3.68. The molecule has 0 radical (unpaired) electrons. The molecule has 4 rings (SSSR count). The highest BCUT2D eigenvalue weighted by atomic mass is 32.2. The van der Waals surface area contributed by atoms with Crippen LogP contribution in [0.25, 0.3) is 0 Å². The second kappa shape index (κ2) is 5.63. The van der Waals surface area contributed by atoms with Crippen LogP contribution in [0.5, 0.6) is 0 Å². The summed E-state index contributed by atoms with van der Waals surface area (Å²) in [4.78, 5) is 1.46. The van der Waals surface area contributed by atoms with Crippen molar-refractivity contribution in [1.29, 1.82) is 0 Å². The topological polar surface area (TPSA) is 12.0 Å². The molecule has 0 spiro atoms. The highest BCUT2D eigenvalue weighted by molar-refractivity contribution is 8.00. The van der Waals surface area contributed by atoms with E-state index in [0.29, 0.717) is 0 Å². The van der Waals surface area contributed by atoms with E-state index >= 15 is 0 Å². The quantitative estimate of drug-likeness (QED) is 0.759. The van der Waals surface area contributed by atoms with Gasteiger partial charge in [0.15, 0.2) is 0 Å². The molecule has 3 saturated carbocycles. The second-order valence-electron chi connectivity index (χ2n) is 6.89. The molecule has 0 saturated heterocycles. The molecule has 0 unspecified atom stereocenters. The zero-order valence-corrected chi connectivity index (χ0v) is 13.0. The minimum atomic E-state index is 0.767. The molecule has 3 aliphatic rings. The van der Waals surface area contributed by atoms with Crippen LogP contribution in [0, 0.1) is 11.8 Å². The van der Waals surface area contributed by atoms with Gasteiger partial charge in [-0.2, -0.15) is 0 Å². The van der Waals surface area contributed by atoms with E-state index in [2.05, 4.69) is 41.3 Å². The van der Waals surface area contributed by atoms with Gasteiger partial charge in [0.25, 0.3) is 0 Å². The van der Waals surface area contributed by atoms with Crippen LogP contribution >= 0.6 is 11.8 Å². The zero-order valence-electron chi connectivity index (χ0n) is 12.2. The maximum atomic E-state index is 3.81. The average Bonchev–Trinajstić information content (AvgIpc) is 3.39. The molecule has 3 fully saturated rings. The lowest BCUT2D eigenvalue weighted by molar-refractivity contribution is 0.568. The predicted molar refractivity (Wildman–Crippen MR) is 87.4 cm³/mol. The molecule has 0 heterocycles. The summed E-state index contributed by atoms with van der Waals surface area (Å²) in [5.41, 5.74) is 1.34. The van der Waals surface area contributed by atoms with E-state index in [0.717, 1.165) is 23.1 Å². The van der Waals surface area contributed by atoms with Crippen LogP contribution in [0.15, 0.2) is 29.2 Å². The normalized spacial score (nSPS) is 23.4. The Morgan fingerprint density at radius 2 is 1.45 bits per heavy atom. The Hall–Kier alpha value is -0.630. The fourth-order valence-corrected chi connectivity index (χ4v) is 4.80. The van der Waals surface area contributed by atoms with E-state index in [1.807, 2.05) is 0 Å². The molecule has 1 N–H and O–H groups in total. The molecule has 2 heteroatoms. The highest BCUT2D eigenvalue weighted by Gasteiger charge is 2.41. The number of hydrogen-bond donors (Lipinski definition) is 1. The molecule has 0 aliphatic heterocycles. The molecule has 1 aromatic rings. The molecule has 3 aliphatic carbocycles. The standard InChI is InChI=1S/C18H25NS/c1-2-4-16(3-1)20-17-11-9-15(10-12-17)19-18(13-5-6-13)14-7-8-14/h9-14,16,18-19H,1-8H2. The average molecular weight is 287 g/mol. The van der Waals surface area contributed by atoms with Crippen LogP contribution in [0.1, 0.15) is 51.4 Å². The third-order valence-electron chi connectivity index (χ3n) is 5.05. The van der Waals surface area contributed by atoms with E-state index in [9.17, 15) is 0 Å². The summed E-state index contributed by atoms with van der Waals surface area (Å²) in [6, 6.07) is 10.0. The number of benzene rings is 1. The van der Waals surface area contributed by atoms with E-state index in [-0.39, 0.29) is 0 Å². The number of rotatable bonds is 6. The van der Waals surface area contributed by atoms with Crippen molar-refractivity contribution in [2.75, 3.05) is 5.32 Å². The molecule has 0 atom stereocenters. The molecule has 1 aromatic carbocycles. The van der Waals surface area contributed by atoms with Crippen LogP contribution in [-0.4, -0.2) is 11.3 Å². The molecule has 108 valence electrons. The molecular weight excluding hydrogens is 262 g/mol. The summed E-state index contributed by atoms with van der Waals surface area (Å²) in [6.45, 7) is 0. The third kappa shape index (κ3) is 3.16.